The molecule has 0 radical (unpaired) electrons. The van der Waals surface area contributed by atoms with Crippen molar-refractivity contribution in [3.63, 3.8) is 0 Å². The lowest BCUT2D eigenvalue weighted by atomic mass is 10.0. The van der Waals surface area contributed by atoms with Gasteiger partial charge in [-0.25, -0.2) is 4.79 Å². The van der Waals surface area contributed by atoms with Crippen LogP contribution in [0.25, 0.3) is 11.0 Å². The SMILES string of the molecule is CCCCC(CN)NC(=O)CCc1c(C)c2ccc(OC)cc2oc1=O. The molecule has 0 saturated carbocycles. The van der Waals surface area contributed by atoms with Gasteiger partial charge >= 0.3 is 5.63 Å². The van der Waals surface area contributed by atoms with E-state index in [1.807, 2.05) is 19.1 Å². The van der Waals surface area contributed by atoms with Crippen LogP contribution in [0.1, 0.15) is 43.7 Å². The molecule has 3 N–H and O–H groups in total. The molecule has 0 bridgehead atoms. The number of rotatable bonds is 9. The number of unbranched alkanes of at least 4 members (excludes halogenated alkanes) is 1. The Balaban J connectivity index is 2.10. The lowest BCUT2D eigenvalue weighted by Crippen LogP contribution is -2.40. The molecule has 6 heteroatoms. The third kappa shape index (κ3) is 4.85. The first-order valence-electron chi connectivity index (χ1n) is 9.09. The number of hydrogen-bond donors (Lipinski definition) is 2. The highest BCUT2D eigenvalue weighted by Gasteiger charge is 2.15. The Morgan fingerprint density at radius 2 is 2.15 bits per heavy atom. The highest BCUT2D eigenvalue weighted by molar-refractivity contribution is 5.82. The van der Waals surface area contributed by atoms with E-state index in [2.05, 4.69) is 12.2 Å². The summed E-state index contributed by atoms with van der Waals surface area (Å²) in [4.78, 5) is 24.5. The minimum Gasteiger partial charge on any atom is -0.497 e. The molecule has 1 aromatic carbocycles. The van der Waals surface area contributed by atoms with Crippen molar-refractivity contribution in [2.24, 2.45) is 5.73 Å². The number of methoxy groups -OCH3 is 1. The summed E-state index contributed by atoms with van der Waals surface area (Å²) in [5.74, 6) is 0.539. The van der Waals surface area contributed by atoms with Crippen LogP contribution in [-0.4, -0.2) is 25.6 Å². The number of nitrogens with two attached hydrogens (primary N) is 1. The molecule has 1 unspecified atom stereocenters. The summed E-state index contributed by atoms with van der Waals surface area (Å²) in [6, 6.07) is 5.38. The summed E-state index contributed by atoms with van der Waals surface area (Å²) in [5.41, 5.74) is 7.18. The monoisotopic (exact) mass is 360 g/mol. The summed E-state index contributed by atoms with van der Waals surface area (Å²) >= 11 is 0. The lowest BCUT2D eigenvalue weighted by Gasteiger charge is -2.16. The van der Waals surface area contributed by atoms with Gasteiger partial charge in [-0.15, -0.1) is 0 Å². The van der Waals surface area contributed by atoms with Crippen LogP contribution in [0.5, 0.6) is 5.75 Å². The van der Waals surface area contributed by atoms with Crippen LogP contribution in [-0.2, 0) is 11.2 Å². The first kappa shape index (κ1) is 20.0. The summed E-state index contributed by atoms with van der Waals surface area (Å²) in [5, 5.41) is 3.80. The van der Waals surface area contributed by atoms with E-state index in [9.17, 15) is 9.59 Å². The van der Waals surface area contributed by atoms with E-state index in [-0.39, 0.29) is 18.4 Å². The molecule has 0 saturated heterocycles. The number of nitrogens with one attached hydrogen (secondary N) is 1. The number of carbonyl (C=O) groups is 1. The molecular weight excluding hydrogens is 332 g/mol. The van der Waals surface area contributed by atoms with Crippen LogP contribution in [0.15, 0.2) is 27.4 Å². The van der Waals surface area contributed by atoms with Gasteiger partial charge in [0.1, 0.15) is 11.3 Å². The Morgan fingerprint density at radius 1 is 1.38 bits per heavy atom. The van der Waals surface area contributed by atoms with Gasteiger partial charge in [0.15, 0.2) is 0 Å². The third-order valence-corrected chi connectivity index (χ3v) is 4.65. The maximum absolute atomic E-state index is 12.3. The predicted molar refractivity (Wildman–Crippen MR) is 103 cm³/mol. The van der Waals surface area contributed by atoms with Gasteiger partial charge in [0, 0.05) is 36.0 Å². The zero-order valence-corrected chi connectivity index (χ0v) is 15.8. The molecule has 0 aliphatic heterocycles. The highest BCUT2D eigenvalue weighted by atomic mass is 16.5. The summed E-state index contributed by atoms with van der Waals surface area (Å²) in [6.45, 7) is 4.40. The van der Waals surface area contributed by atoms with Gasteiger partial charge in [-0.1, -0.05) is 19.8 Å². The molecule has 1 atom stereocenters. The molecule has 2 rings (SSSR count). The Bertz CT molecular complexity index is 813. The van der Waals surface area contributed by atoms with Crippen molar-refractivity contribution >= 4 is 16.9 Å². The summed E-state index contributed by atoms with van der Waals surface area (Å²) < 4.78 is 10.6. The zero-order chi connectivity index (χ0) is 19.1. The molecule has 0 aliphatic rings. The van der Waals surface area contributed by atoms with Crippen molar-refractivity contribution in [3.8, 4) is 5.75 Å². The fraction of sp³-hybridized carbons (Fsp3) is 0.500. The number of aryl methyl sites for hydroxylation is 1. The second-order valence-corrected chi connectivity index (χ2v) is 6.50. The molecule has 1 aromatic heterocycles. The van der Waals surface area contributed by atoms with E-state index < -0.39 is 5.63 Å². The summed E-state index contributed by atoms with van der Waals surface area (Å²) in [6.07, 6.45) is 3.54. The maximum Gasteiger partial charge on any atom is 0.339 e. The van der Waals surface area contributed by atoms with Crippen LogP contribution in [0, 0.1) is 6.92 Å². The molecule has 2 aromatic rings. The van der Waals surface area contributed by atoms with Crippen molar-refractivity contribution in [1.82, 2.24) is 5.32 Å². The minimum atomic E-state index is -0.405. The fourth-order valence-electron chi connectivity index (χ4n) is 3.03. The molecule has 0 aliphatic carbocycles. The average molecular weight is 360 g/mol. The average Bonchev–Trinajstić information content (AvgIpc) is 2.64. The summed E-state index contributed by atoms with van der Waals surface area (Å²) in [7, 11) is 1.56. The topological polar surface area (TPSA) is 94.6 Å². The van der Waals surface area contributed by atoms with Crippen LogP contribution < -0.4 is 21.4 Å². The van der Waals surface area contributed by atoms with E-state index in [4.69, 9.17) is 14.9 Å². The number of fused-ring (bicyclic) bond motifs is 1. The maximum atomic E-state index is 12.3. The van der Waals surface area contributed by atoms with E-state index in [1.54, 1.807) is 13.2 Å². The van der Waals surface area contributed by atoms with Crippen molar-refractivity contribution in [3.05, 3.63) is 39.7 Å². The van der Waals surface area contributed by atoms with E-state index in [1.165, 1.54) is 0 Å². The molecule has 142 valence electrons. The molecule has 6 nitrogen and oxygen atoms in total. The predicted octanol–water partition coefficient (Wildman–Crippen LogP) is 2.68. The molecule has 26 heavy (non-hydrogen) atoms. The number of amides is 1. The van der Waals surface area contributed by atoms with Crippen LogP contribution in [0.3, 0.4) is 0 Å². The van der Waals surface area contributed by atoms with Crippen molar-refractivity contribution in [1.29, 1.82) is 0 Å². The van der Waals surface area contributed by atoms with Crippen LogP contribution >= 0.6 is 0 Å². The van der Waals surface area contributed by atoms with Gasteiger partial charge in [0.2, 0.25) is 5.91 Å². The Labute approximate surface area is 153 Å². The first-order chi connectivity index (χ1) is 12.5. The van der Waals surface area contributed by atoms with E-state index >= 15 is 0 Å². The Kier molecular flexibility index (Phi) is 7.21. The largest absolute Gasteiger partial charge is 0.497 e. The van der Waals surface area contributed by atoms with E-state index in [0.717, 1.165) is 30.2 Å². The van der Waals surface area contributed by atoms with Crippen molar-refractivity contribution in [2.45, 2.75) is 52.0 Å². The standard InChI is InChI=1S/C20H28N2O4/c1-4-5-6-14(12-21)22-19(23)10-9-17-13(2)16-8-7-15(25-3)11-18(16)26-20(17)24/h7-8,11,14H,4-6,9-10,12,21H2,1-3H3,(H,22,23). The molecule has 0 spiro atoms. The minimum absolute atomic E-state index is 0.0102. The highest BCUT2D eigenvalue weighted by Crippen LogP contribution is 2.24. The quantitative estimate of drug-likeness (QED) is 0.671. The van der Waals surface area contributed by atoms with Gasteiger partial charge < -0.3 is 20.2 Å². The molecule has 1 heterocycles. The number of ether oxygens (including phenoxy) is 1. The lowest BCUT2D eigenvalue weighted by molar-refractivity contribution is -0.121. The molecule has 1 amide bonds. The van der Waals surface area contributed by atoms with Crippen molar-refractivity contribution < 1.29 is 13.9 Å². The van der Waals surface area contributed by atoms with Crippen molar-refractivity contribution in [2.75, 3.05) is 13.7 Å². The van der Waals surface area contributed by atoms with E-state index in [0.29, 0.717) is 29.9 Å². The van der Waals surface area contributed by atoms with Gasteiger partial charge in [0.05, 0.1) is 7.11 Å². The molecule has 0 fully saturated rings. The van der Waals surface area contributed by atoms with Gasteiger partial charge in [0.25, 0.3) is 0 Å². The zero-order valence-electron chi connectivity index (χ0n) is 15.8. The fourth-order valence-corrected chi connectivity index (χ4v) is 3.03. The van der Waals surface area contributed by atoms with Gasteiger partial charge in [-0.3, -0.25) is 4.79 Å². The number of hydrogen-bond acceptors (Lipinski definition) is 5. The van der Waals surface area contributed by atoms with Crippen LogP contribution in [0.2, 0.25) is 0 Å². The number of carbonyl (C=O) groups excluding carboxylic acids is 1. The molecular formula is C20H28N2O4. The second-order valence-electron chi connectivity index (χ2n) is 6.50. The Hall–Kier alpha value is -2.34. The van der Waals surface area contributed by atoms with Gasteiger partial charge in [-0.2, -0.15) is 0 Å². The smallest absolute Gasteiger partial charge is 0.339 e. The van der Waals surface area contributed by atoms with Crippen LogP contribution in [0.4, 0.5) is 0 Å². The van der Waals surface area contributed by atoms with Gasteiger partial charge in [-0.05, 0) is 37.5 Å². The number of benzene rings is 1. The second kappa shape index (κ2) is 9.38. The third-order valence-electron chi connectivity index (χ3n) is 4.65. The Morgan fingerprint density at radius 3 is 2.81 bits per heavy atom. The normalized spacial score (nSPS) is 12.2. The first-order valence-corrected chi connectivity index (χ1v) is 9.09.